The van der Waals surface area contributed by atoms with E-state index in [4.69, 9.17) is 26.4 Å². The minimum absolute atomic E-state index is 0.0902. The van der Waals surface area contributed by atoms with Gasteiger partial charge in [0.05, 0.1) is 27.0 Å². The van der Waals surface area contributed by atoms with E-state index in [1.807, 2.05) is 17.5 Å². The van der Waals surface area contributed by atoms with Crippen LogP contribution in [0.2, 0.25) is 0 Å². The molecule has 33 heavy (non-hydrogen) atoms. The maximum Gasteiger partial charge on any atom is 0.350 e. The first kappa shape index (κ1) is 23.8. The van der Waals surface area contributed by atoms with Gasteiger partial charge in [-0.25, -0.2) is 4.79 Å². The molecule has 2 fully saturated rings. The number of nitrogens with zero attached hydrogens (tertiary/aromatic N) is 1. The van der Waals surface area contributed by atoms with Crippen molar-refractivity contribution in [2.75, 3.05) is 40.2 Å². The molecule has 2 aromatic rings. The summed E-state index contributed by atoms with van der Waals surface area (Å²) in [5.74, 6) is 1.17. The van der Waals surface area contributed by atoms with Crippen LogP contribution in [-0.4, -0.2) is 63.0 Å². The summed E-state index contributed by atoms with van der Waals surface area (Å²) in [5, 5.41) is 9.04. The summed E-state index contributed by atoms with van der Waals surface area (Å²) >= 11 is 6.92. The highest BCUT2D eigenvalue weighted by Gasteiger charge is 2.50. The zero-order chi connectivity index (χ0) is 23.6. The Bertz CT molecular complexity index is 1030. The number of likely N-dealkylation sites (N-methyl/N-ethyl adjacent to an activating group) is 1. The minimum Gasteiger partial charge on any atom is -0.493 e. The molecule has 0 bridgehead atoms. The quantitative estimate of drug-likeness (QED) is 0.466. The highest BCUT2D eigenvalue weighted by molar-refractivity contribution is 7.80. The molecule has 1 saturated heterocycles. The van der Waals surface area contributed by atoms with Crippen molar-refractivity contribution in [1.29, 1.82) is 0 Å². The Balaban J connectivity index is 1.47. The van der Waals surface area contributed by atoms with Crippen molar-refractivity contribution < 1.29 is 19.0 Å². The van der Waals surface area contributed by atoms with Gasteiger partial charge in [-0.3, -0.25) is 0 Å². The van der Waals surface area contributed by atoms with Gasteiger partial charge in [0.25, 0.3) is 0 Å². The molecule has 1 aliphatic heterocycles. The summed E-state index contributed by atoms with van der Waals surface area (Å²) in [5.41, 5.74) is 2.08. The van der Waals surface area contributed by atoms with E-state index in [9.17, 15) is 4.79 Å². The third-order valence-electron chi connectivity index (χ3n) is 7.11. The average molecular weight is 490 g/mol. The molecule has 3 atom stereocenters. The van der Waals surface area contributed by atoms with Gasteiger partial charge in [-0.05, 0) is 80.6 Å². The van der Waals surface area contributed by atoms with E-state index in [0.29, 0.717) is 21.7 Å². The number of benzene rings is 1. The van der Waals surface area contributed by atoms with Crippen LogP contribution >= 0.6 is 23.6 Å². The van der Waals surface area contributed by atoms with E-state index in [1.165, 1.54) is 24.0 Å². The molecule has 0 unspecified atom stereocenters. The Morgan fingerprint density at radius 2 is 1.97 bits per heavy atom. The molecule has 4 rings (SSSR count). The maximum absolute atomic E-state index is 11.9. The van der Waals surface area contributed by atoms with E-state index in [-0.39, 0.29) is 17.4 Å². The smallest absolute Gasteiger partial charge is 0.350 e. The second-order valence-corrected chi connectivity index (χ2v) is 10.0. The predicted molar refractivity (Wildman–Crippen MR) is 135 cm³/mol. The van der Waals surface area contributed by atoms with E-state index in [0.717, 1.165) is 43.7 Å². The summed E-state index contributed by atoms with van der Waals surface area (Å²) in [4.78, 5) is 14.9. The van der Waals surface area contributed by atoms with Crippen LogP contribution in [0.4, 0.5) is 5.69 Å². The first-order valence-electron chi connectivity index (χ1n) is 11.1. The predicted octanol–water partition coefficient (Wildman–Crippen LogP) is 4.03. The van der Waals surface area contributed by atoms with Crippen molar-refractivity contribution in [3.63, 3.8) is 0 Å². The first-order chi connectivity index (χ1) is 15.9. The van der Waals surface area contributed by atoms with Gasteiger partial charge in [0.15, 0.2) is 16.6 Å². The highest BCUT2D eigenvalue weighted by atomic mass is 32.1. The molecular formula is C24H31N3O4S2. The molecule has 0 radical (unpaired) electrons. The molecule has 1 aliphatic carbocycles. The lowest BCUT2D eigenvalue weighted by Gasteiger charge is -2.45. The second kappa shape index (κ2) is 9.87. The Morgan fingerprint density at radius 1 is 1.18 bits per heavy atom. The molecule has 178 valence electrons. The van der Waals surface area contributed by atoms with Crippen molar-refractivity contribution in [3.8, 4) is 11.5 Å². The molecule has 2 aliphatic rings. The number of methoxy groups -OCH3 is 3. The average Bonchev–Trinajstić information content (AvgIpc) is 3.43. The highest BCUT2D eigenvalue weighted by Crippen LogP contribution is 2.49. The Hall–Kier alpha value is -2.36. The minimum atomic E-state index is -0.361. The fourth-order valence-corrected chi connectivity index (χ4v) is 6.44. The maximum atomic E-state index is 11.9. The number of fused-ring (bicyclic) bond motifs is 1. The fourth-order valence-electron chi connectivity index (χ4n) is 5.40. The molecule has 7 nitrogen and oxygen atoms in total. The van der Waals surface area contributed by atoms with Crippen molar-refractivity contribution >= 4 is 40.3 Å². The number of rotatable bonds is 6. The van der Waals surface area contributed by atoms with Crippen molar-refractivity contribution in [1.82, 2.24) is 10.2 Å². The number of thiocarbonyl (C=S) groups is 1. The summed E-state index contributed by atoms with van der Waals surface area (Å²) in [7, 11) is 6.94. The van der Waals surface area contributed by atoms with Crippen LogP contribution in [0.1, 0.15) is 40.9 Å². The Morgan fingerprint density at radius 3 is 2.70 bits per heavy atom. The molecule has 1 aromatic carbocycles. The number of carbonyl (C=O) groups excluding carboxylic acids is 1. The van der Waals surface area contributed by atoms with Gasteiger partial charge in [0.2, 0.25) is 0 Å². The van der Waals surface area contributed by atoms with E-state index < -0.39 is 0 Å². The summed E-state index contributed by atoms with van der Waals surface area (Å²) in [6.07, 6.45) is 4.17. The van der Waals surface area contributed by atoms with Crippen LogP contribution in [-0.2, 0) is 10.2 Å². The number of carbonyl (C=O) groups is 1. The molecule has 2 N–H and O–H groups in total. The summed E-state index contributed by atoms with van der Waals surface area (Å²) in [6.45, 7) is 1.06. The topological polar surface area (TPSA) is 72.1 Å². The second-order valence-electron chi connectivity index (χ2n) is 8.70. The van der Waals surface area contributed by atoms with Crippen molar-refractivity contribution in [2.24, 2.45) is 0 Å². The first-order valence-corrected chi connectivity index (χ1v) is 12.4. The van der Waals surface area contributed by atoms with Crippen molar-refractivity contribution in [3.05, 3.63) is 40.1 Å². The number of likely N-dealkylation sites (tertiary alicyclic amines) is 1. The molecule has 9 heteroatoms. The van der Waals surface area contributed by atoms with Gasteiger partial charge < -0.3 is 29.7 Å². The summed E-state index contributed by atoms with van der Waals surface area (Å²) < 4.78 is 15.9. The van der Waals surface area contributed by atoms with Crippen LogP contribution in [0.5, 0.6) is 11.5 Å². The van der Waals surface area contributed by atoms with Crippen LogP contribution in [0.25, 0.3) is 0 Å². The lowest BCUT2D eigenvalue weighted by Crippen LogP contribution is -2.52. The standard InChI is InChI=1S/C24H31N3O4S2/c1-27-11-10-24(15-5-6-18(29-2)19(13-15)30-3)9-7-16(14-20(24)27)25-23(32)26-17-8-12-33-21(17)22(28)31-4/h5-6,8,12-13,16,20H,7,9-11,14H2,1-4H3,(H2,25,26,32)/t16-,20+,24-/m0/s1. The number of ether oxygens (including phenoxy) is 3. The van der Waals surface area contributed by atoms with Gasteiger partial charge in [-0.1, -0.05) is 6.07 Å². The zero-order valence-corrected chi connectivity index (χ0v) is 21.1. The van der Waals surface area contributed by atoms with Crippen LogP contribution in [0, 0.1) is 0 Å². The lowest BCUT2D eigenvalue weighted by molar-refractivity contribution is 0.0607. The molecule has 2 heterocycles. The van der Waals surface area contributed by atoms with E-state index in [2.05, 4.69) is 34.7 Å². The molecule has 1 saturated carbocycles. The van der Waals surface area contributed by atoms with E-state index in [1.54, 1.807) is 14.2 Å². The van der Waals surface area contributed by atoms with Gasteiger partial charge in [-0.2, -0.15) is 0 Å². The largest absolute Gasteiger partial charge is 0.493 e. The zero-order valence-electron chi connectivity index (χ0n) is 19.5. The van der Waals surface area contributed by atoms with Gasteiger partial charge in [0.1, 0.15) is 4.88 Å². The fraction of sp³-hybridized carbons (Fsp3) is 0.500. The number of anilines is 1. The normalized spacial score (nSPS) is 24.6. The van der Waals surface area contributed by atoms with E-state index >= 15 is 0 Å². The summed E-state index contributed by atoms with van der Waals surface area (Å²) in [6, 6.07) is 8.86. The van der Waals surface area contributed by atoms with Gasteiger partial charge >= 0.3 is 5.97 Å². The number of hydrogen-bond acceptors (Lipinski definition) is 7. The number of hydrogen-bond donors (Lipinski definition) is 2. The van der Waals surface area contributed by atoms with Crippen molar-refractivity contribution in [2.45, 2.75) is 43.2 Å². The monoisotopic (exact) mass is 489 g/mol. The third-order valence-corrected chi connectivity index (χ3v) is 8.22. The van der Waals surface area contributed by atoms with Crippen LogP contribution in [0.3, 0.4) is 0 Å². The number of nitrogens with one attached hydrogen (secondary N) is 2. The number of thiophene rings is 1. The van der Waals surface area contributed by atoms with Gasteiger partial charge in [-0.15, -0.1) is 11.3 Å². The Kier molecular flexibility index (Phi) is 7.11. The third kappa shape index (κ3) is 4.54. The van der Waals surface area contributed by atoms with Crippen LogP contribution < -0.4 is 20.1 Å². The SMILES string of the molecule is COC(=O)c1sccc1NC(=S)N[C@H]1CC[C@@]2(c3ccc(OC)c(OC)c3)CCN(C)[C@@H]2C1. The molecular weight excluding hydrogens is 458 g/mol. The number of esters is 1. The molecule has 0 spiro atoms. The molecule has 0 amide bonds. The Labute approximate surface area is 204 Å². The van der Waals surface area contributed by atoms with Crippen LogP contribution in [0.15, 0.2) is 29.6 Å². The lowest BCUT2D eigenvalue weighted by atomic mass is 9.65. The van der Waals surface area contributed by atoms with Gasteiger partial charge in [0, 0.05) is 17.5 Å². The molecule has 1 aromatic heterocycles.